The Labute approximate surface area is 68.1 Å². The second-order valence-electron chi connectivity index (χ2n) is 2.37. The third-order valence-electron chi connectivity index (χ3n) is 1.35. The molecule has 0 spiro atoms. The molecule has 0 fully saturated rings. The van der Waals surface area contributed by atoms with Crippen molar-refractivity contribution in [1.82, 2.24) is 0 Å². The fourth-order valence-electron chi connectivity index (χ4n) is 0.650. The molecule has 6 heteroatoms. The molecule has 0 amide bonds. The van der Waals surface area contributed by atoms with Crippen LogP contribution in [0.2, 0.25) is 0 Å². The highest BCUT2D eigenvalue weighted by molar-refractivity contribution is 5.68. The van der Waals surface area contributed by atoms with E-state index >= 15 is 0 Å². The average Bonchev–Trinajstić information content (AvgIpc) is 2.00. The van der Waals surface area contributed by atoms with Crippen molar-refractivity contribution in [1.29, 1.82) is 0 Å². The van der Waals surface area contributed by atoms with Gasteiger partial charge >= 0.3 is 6.04 Å². The summed E-state index contributed by atoms with van der Waals surface area (Å²) in [6, 6.07) is -1.79. The largest absolute Gasteiger partial charge is 0.394 e. The highest BCUT2D eigenvalue weighted by Crippen LogP contribution is 2.04. The number of rotatable bonds is 5. The minimum atomic E-state index is -1.79. The first kappa shape index (κ1) is 11.4. The van der Waals surface area contributed by atoms with E-state index in [1.165, 1.54) is 0 Å². The molecule has 4 N–H and O–H groups in total. The van der Waals surface area contributed by atoms with Gasteiger partial charge in [-0.05, 0) is 0 Å². The molecule has 3 unspecified atom stereocenters. The number of halogens is 1. The maximum Gasteiger partial charge on any atom is 0.304 e. The minimum absolute atomic E-state index is 0.765. The number of hydrogen-bond donors (Lipinski definition) is 4. The molecule has 3 atom stereocenters. The SMILES string of the molecule is O=C(F)CC(O)C(O)C(O)CO. The zero-order valence-corrected chi connectivity index (χ0v) is 6.22. The number of carbonyl (C=O) groups is 1. The van der Waals surface area contributed by atoms with Gasteiger partial charge in [-0.15, -0.1) is 0 Å². The van der Waals surface area contributed by atoms with E-state index in [9.17, 15) is 9.18 Å². The molecule has 0 aliphatic heterocycles. The number of aliphatic hydroxyl groups is 4. The number of carbonyl (C=O) groups excluding carboxylic acids is 1. The highest BCUT2D eigenvalue weighted by atomic mass is 19.1. The standard InChI is InChI=1S/C6H11FO5/c7-5(11)1-3(9)6(12)4(10)2-8/h3-4,6,8-10,12H,1-2H2. The Morgan fingerprint density at radius 3 is 2.08 bits per heavy atom. The summed E-state index contributed by atoms with van der Waals surface area (Å²) in [7, 11) is 0. The summed E-state index contributed by atoms with van der Waals surface area (Å²) in [5.74, 6) is 0. The molecule has 0 rings (SSSR count). The Morgan fingerprint density at radius 1 is 1.25 bits per heavy atom. The predicted octanol–water partition coefficient (Wildman–Crippen LogP) is -2.05. The van der Waals surface area contributed by atoms with E-state index < -0.39 is 37.4 Å². The van der Waals surface area contributed by atoms with Crippen molar-refractivity contribution in [2.24, 2.45) is 0 Å². The Balaban J connectivity index is 3.91. The summed E-state index contributed by atoms with van der Waals surface area (Å²) in [5.41, 5.74) is 0. The van der Waals surface area contributed by atoms with Gasteiger partial charge in [0.05, 0.1) is 19.1 Å². The first-order valence-electron chi connectivity index (χ1n) is 3.32. The van der Waals surface area contributed by atoms with E-state index in [0.717, 1.165) is 0 Å². The van der Waals surface area contributed by atoms with Gasteiger partial charge in [0.25, 0.3) is 0 Å². The molecule has 0 radical (unpaired) electrons. The van der Waals surface area contributed by atoms with Gasteiger partial charge in [-0.2, -0.15) is 4.39 Å². The number of hydrogen-bond acceptors (Lipinski definition) is 5. The zero-order chi connectivity index (χ0) is 9.72. The lowest BCUT2D eigenvalue weighted by Crippen LogP contribution is -2.40. The molecule has 0 bridgehead atoms. The van der Waals surface area contributed by atoms with E-state index in [0.29, 0.717) is 0 Å². The molecule has 72 valence electrons. The van der Waals surface area contributed by atoms with Crippen molar-refractivity contribution in [2.45, 2.75) is 24.7 Å². The summed E-state index contributed by atoms with van der Waals surface area (Å²) in [4.78, 5) is 9.79. The van der Waals surface area contributed by atoms with Crippen LogP contribution in [-0.4, -0.2) is 51.4 Å². The molecule has 0 aromatic rings. The van der Waals surface area contributed by atoms with Gasteiger partial charge < -0.3 is 20.4 Å². The summed E-state index contributed by atoms with van der Waals surface area (Å²) < 4.78 is 11.6. The quantitative estimate of drug-likeness (QED) is 0.367. The predicted molar refractivity (Wildman–Crippen MR) is 35.8 cm³/mol. The van der Waals surface area contributed by atoms with Gasteiger partial charge in [-0.3, -0.25) is 4.79 Å². The fourth-order valence-corrected chi connectivity index (χ4v) is 0.650. The van der Waals surface area contributed by atoms with Crippen molar-refractivity contribution >= 4 is 6.04 Å². The number of aliphatic hydroxyl groups excluding tert-OH is 4. The van der Waals surface area contributed by atoms with Crippen LogP contribution in [0.15, 0.2) is 0 Å². The lowest BCUT2D eigenvalue weighted by molar-refractivity contribution is -0.136. The Bertz CT molecular complexity index is 151. The second-order valence-corrected chi connectivity index (χ2v) is 2.37. The molecule has 0 heterocycles. The lowest BCUT2D eigenvalue weighted by atomic mass is 10.1. The Morgan fingerprint density at radius 2 is 1.75 bits per heavy atom. The van der Waals surface area contributed by atoms with Crippen molar-refractivity contribution in [2.75, 3.05) is 6.61 Å². The third kappa shape index (κ3) is 3.72. The normalized spacial score (nSPS) is 18.4. The Hall–Kier alpha value is -0.560. The fraction of sp³-hybridized carbons (Fsp3) is 0.833. The van der Waals surface area contributed by atoms with E-state index in [1.54, 1.807) is 0 Å². The van der Waals surface area contributed by atoms with Crippen LogP contribution < -0.4 is 0 Å². The summed E-state index contributed by atoms with van der Waals surface area (Å²) in [6.07, 6.45) is -5.86. The topological polar surface area (TPSA) is 98.0 Å². The van der Waals surface area contributed by atoms with Gasteiger partial charge in [0, 0.05) is 0 Å². The third-order valence-corrected chi connectivity index (χ3v) is 1.35. The van der Waals surface area contributed by atoms with Gasteiger partial charge in [0.2, 0.25) is 0 Å². The minimum Gasteiger partial charge on any atom is -0.394 e. The summed E-state index contributed by atoms with van der Waals surface area (Å²) >= 11 is 0. The summed E-state index contributed by atoms with van der Waals surface area (Å²) in [5, 5.41) is 34.7. The Kier molecular flexibility index (Phi) is 4.91. The molecule has 5 nitrogen and oxygen atoms in total. The molecule has 0 saturated heterocycles. The van der Waals surface area contributed by atoms with Crippen LogP contribution in [0.5, 0.6) is 0 Å². The van der Waals surface area contributed by atoms with Crippen LogP contribution >= 0.6 is 0 Å². The van der Waals surface area contributed by atoms with Gasteiger partial charge in [-0.1, -0.05) is 0 Å². The van der Waals surface area contributed by atoms with Crippen molar-refractivity contribution in [3.8, 4) is 0 Å². The first-order valence-corrected chi connectivity index (χ1v) is 3.32. The maximum atomic E-state index is 11.6. The average molecular weight is 182 g/mol. The molecule has 0 aromatic heterocycles. The van der Waals surface area contributed by atoms with Crippen molar-refractivity contribution in [3.05, 3.63) is 0 Å². The van der Waals surface area contributed by atoms with Crippen LogP contribution in [0.25, 0.3) is 0 Å². The highest BCUT2D eigenvalue weighted by Gasteiger charge is 2.25. The molecular formula is C6H11FO5. The second kappa shape index (κ2) is 5.15. The lowest BCUT2D eigenvalue weighted by Gasteiger charge is -2.19. The zero-order valence-electron chi connectivity index (χ0n) is 6.22. The molecule has 0 aromatic carbocycles. The van der Waals surface area contributed by atoms with Crippen LogP contribution in [0.4, 0.5) is 4.39 Å². The van der Waals surface area contributed by atoms with E-state index in [-0.39, 0.29) is 0 Å². The van der Waals surface area contributed by atoms with Gasteiger partial charge in [-0.25, -0.2) is 0 Å². The van der Waals surface area contributed by atoms with E-state index in [4.69, 9.17) is 20.4 Å². The van der Waals surface area contributed by atoms with E-state index in [2.05, 4.69) is 0 Å². The van der Waals surface area contributed by atoms with Gasteiger partial charge in [0.1, 0.15) is 12.2 Å². The van der Waals surface area contributed by atoms with Crippen molar-refractivity contribution in [3.63, 3.8) is 0 Å². The molecular weight excluding hydrogens is 171 g/mol. The monoisotopic (exact) mass is 182 g/mol. The van der Waals surface area contributed by atoms with Crippen LogP contribution in [0, 0.1) is 0 Å². The smallest absolute Gasteiger partial charge is 0.304 e. The van der Waals surface area contributed by atoms with Crippen molar-refractivity contribution < 1.29 is 29.6 Å². The van der Waals surface area contributed by atoms with Gasteiger partial charge in [0.15, 0.2) is 0 Å². The molecule has 0 saturated carbocycles. The van der Waals surface area contributed by atoms with E-state index in [1.807, 2.05) is 0 Å². The first-order chi connectivity index (χ1) is 5.49. The van der Waals surface area contributed by atoms with Crippen LogP contribution in [0.1, 0.15) is 6.42 Å². The van der Waals surface area contributed by atoms with Crippen LogP contribution in [0.3, 0.4) is 0 Å². The molecule has 12 heavy (non-hydrogen) atoms. The molecule has 0 aliphatic carbocycles. The summed E-state index contributed by atoms with van der Waals surface area (Å²) in [6.45, 7) is -0.765. The maximum absolute atomic E-state index is 11.6. The molecule has 0 aliphatic rings. The van der Waals surface area contributed by atoms with Crippen LogP contribution in [-0.2, 0) is 4.79 Å².